The van der Waals surface area contributed by atoms with E-state index in [1.54, 1.807) is 12.1 Å². The number of benzene rings is 1. The van der Waals surface area contributed by atoms with Gasteiger partial charge in [0.15, 0.2) is 0 Å². The third kappa shape index (κ3) is 2.96. The maximum absolute atomic E-state index is 11.1. The summed E-state index contributed by atoms with van der Waals surface area (Å²) in [5.74, 6) is -0.890. The Kier molecular flexibility index (Phi) is 3.90. The van der Waals surface area contributed by atoms with Crippen LogP contribution >= 0.6 is 0 Å². The number of carboxylic acid groups (broad SMARTS) is 1. The van der Waals surface area contributed by atoms with Gasteiger partial charge in [-0.25, -0.2) is 4.79 Å². The van der Waals surface area contributed by atoms with Crippen LogP contribution in [0.2, 0.25) is 0 Å². The zero-order valence-electron chi connectivity index (χ0n) is 11.2. The number of carbonyl (C=O) groups is 1. The molecule has 0 atom stereocenters. The molecule has 0 aliphatic heterocycles. The average Bonchev–Trinajstić information content (AvgIpc) is 2.85. The number of hydrogen-bond acceptors (Lipinski definition) is 2. The highest BCUT2D eigenvalue weighted by Crippen LogP contribution is 2.19. The van der Waals surface area contributed by atoms with E-state index >= 15 is 0 Å². The van der Waals surface area contributed by atoms with Crippen LogP contribution in [0.3, 0.4) is 0 Å². The Morgan fingerprint density at radius 2 is 2.16 bits per heavy atom. The van der Waals surface area contributed by atoms with Gasteiger partial charge in [-0.1, -0.05) is 6.07 Å². The first-order chi connectivity index (χ1) is 9.11. The summed E-state index contributed by atoms with van der Waals surface area (Å²) >= 11 is 0. The van der Waals surface area contributed by atoms with Gasteiger partial charge < -0.3 is 15.0 Å². The first-order valence-corrected chi connectivity index (χ1v) is 6.33. The van der Waals surface area contributed by atoms with Crippen LogP contribution in [0.4, 0.5) is 5.69 Å². The fourth-order valence-corrected chi connectivity index (χ4v) is 2.05. The Labute approximate surface area is 112 Å². The molecule has 1 heterocycles. The molecule has 19 heavy (non-hydrogen) atoms. The highest BCUT2D eigenvalue weighted by Gasteiger charge is 2.09. The van der Waals surface area contributed by atoms with E-state index in [0.717, 1.165) is 17.8 Å². The fraction of sp³-hybridized carbons (Fsp3) is 0.267. The molecular weight excluding hydrogens is 240 g/mol. The zero-order valence-corrected chi connectivity index (χ0v) is 11.2. The highest BCUT2D eigenvalue weighted by atomic mass is 16.4. The van der Waals surface area contributed by atoms with E-state index in [2.05, 4.69) is 29.1 Å². The van der Waals surface area contributed by atoms with E-state index in [4.69, 9.17) is 5.11 Å². The van der Waals surface area contributed by atoms with Gasteiger partial charge in [-0.05, 0) is 43.2 Å². The molecule has 2 N–H and O–H groups in total. The molecule has 0 bridgehead atoms. The lowest BCUT2D eigenvalue weighted by Crippen LogP contribution is -2.05. The lowest BCUT2D eigenvalue weighted by Gasteiger charge is -2.10. The van der Waals surface area contributed by atoms with E-state index in [0.29, 0.717) is 12.1 Å². The minimum Gasteiger partial charge on any atom is -0.478 e. The number of anilines is 1. The predicted molar refractivity (Wildman–Crippen MR) is 75.6 cm³/mol. The first-order valence-electron chi connectivity index (χ1n) is 6.33. The average molecular weight is 258 g/mol. The third-order valence-electron chi connectivity index (χ3n) is 3.22. The van der Waals surface area contributed by atoms with Gasteiger partial charge in [0.05, 0.1) is 5.56 Å². The van der Waals surface area contributed by atoms with E-state index in [1.165, 1.54) is 5.56 Å². The van der Waals surface area contributed by atoms with Gasteiger partial charge in [-0.15, -0.1) is 0 Å². The Bertz CT molecular complexity index is 588. The molecule has 0 fully saturated rings. The number of carboxylic acids is 1. The number of nitrogens with zero attached hydrogens (tertiary/aromatic N) is 1. The largest absolute Gasteiger partial charge is 0.478 e. The second-order valence-corrected chi connectivity index (χ2v) is 4.49. The number of hydrogen-bond donors (Lipinski definition) is 2. The SMILES string of the molecule is CCn1ccc(CNc2cccc(C(=O)O)c2C)c1. The zero-order chi connectivity index (χ0) is 13.8. The Morgan fingerprint density at radius 1 is 1.37 bits per heavy atom. The lowest BCUT2D eigenvalue weighted by atomic mass is 10.1. The molecule has 1 aromatic heterocycles. The minimum absolute atomic E-state index is 0.344. The maximum Gasteiger partial charge on any atom is 0.336 e. The molecule has 0 spiro atoms. The molecule has 100 valence electrons. The first kappa shape index (κ1) is 13.2. The molecule has 1 aromatic carbocycles. The normalized spacial score (nSPS) is 10.4. The number of aromatic carboxylic acids is 1. The van der Waals surface area contributed by atoms with Crippen molar-refractivity contribution in [1.29, 1.82) is 0 Å². The van der Waals surface area contributed by atoms with E-state index < -0.39 is 5.97 Å². The molecule has 4 heteroatoms. The lowest BCUT2D eigenvalue weighted by molar-refractivity contribution is 0.0696. The second kappa shape index (κ2) is 5.61. The van der Waals surface area contributed by atoms with E-state index in [-0.39, 0.29) is 0 Å². The Balaban J connectivity index is 2.11. The molecule has 2 rings (SSSR count). The molecule has 0 saturated heterocycles. The number of rotatable bonds is 5. The van der Waals surface area contributed by atoms with Crippen LogP contribution in [-0.2, 0) is 13.1 Å². The molecule has 4 nitrogen and oxygen atoms in total. The summed E-state index contributed by atoms with van der Waals surface area (Å²) in [5.41, 5.74) is 3.16. The van der Waals surface area contributed by atoms with Crippen LogP contribution in [0.15, 0.2) is 36.7 Å². The molecule has 0 saturated carbocycles. The molecule has 0 amide bonds. The molecule has 0 radical (unpaired) electrons. The van der Waals surface area contributed by atoms with Crippen LogP contribution in [0, 0.1) is 6.92 Å². The van der Waals surface area contributed by atoms with Gasteiger partial charge in [-0.3, -0.25) is 0 Å². The third-order valence-corrected chi connectivity index (χ3v) is 3.22. The van der Waals surface area contributed by atoms with Crippen LogP contribution in [0.1, 0.15) is 28.4 Å². The molecule has 0 aliphatic carbocycles. The van der Waals surface area contributed by atoms with Crippen LogP contribution in [0.25, 0.3) is 0 Å². The minimum atomic E-state index is -0.890. The second-order valence-electron chi connectivity index (χ2n) is 4.49. The van der Waals surface area contributed by atoms with Crippen molar-refractivity contribution in [3.05, 3.63) is 53.3 Å². The quantitative estimate of drug-likeness (QED) is 0.866. The van der Waals surface area contributed by atoms with Gasteiger partial charge in [0.1, 0.15) is 0 Å². The van der Waals surface area contributed by atoms with Crippen molar-refractivity contribution in [3.63, 3.8) is 0 Å². The summed E-state index contributed by atoms with van der Waals surface area (Å²) in [7, 11) is 0. The fourth-order valence-electron chi connectivity index (χ4n) is 2.05. The molecule has 2 aromatic rings. The van der Waals surface area contributed by atoms with E-state index in [1.807, 2.05) is 19.2 Å². The molecule has 0 unspecified atom stereocenters. The van der Waals surface area contributed by atoms with Crippen molar-refractivity contribution in [3.8, 4) is 0 Å². The van der Waals surface area contributed by atoms with Crippen LogP contribution < -0.4 is 5.32 Å². The number of nitrogens with one attached hydrogen (secondary N) is 1. The standard InChI is InChI=1S/C15H18N2O2/c1-3-17-8-7-12(10-17)9-16-14-6-4-5-13(11(14)2)15(18)19/h4-8,10,16H,3,9H2,1-2H3,(H,18,19). The van der Waals surface area contributed by atoms with Crippen molar-refractivity contribution >= 4 is 11.7 Å². The predicted octanol–water partition coefficient (Wildman–Crippen LogP) is 3.13. The highest BCUT2D eigenvalue weighted by molar-refractivity contribution is 5.91. The summed E-state index contributed by atoms with van der Waals surface area (Å²) in [4.78, 5) is 11.1. The summed E-state index contributed by atoms with van der Waals surface area (Å²) in [5, 5.41) is 12.4. The molecule has 0 aliphatic rings. The van der Waals surface area contributed by atoms with Gasteiger partial charge in [0.2, 0.25) is 0 Å². The van der Waals surface area contributed by atoms with Crippen LogP contribution in [0.5, 0.6) is 0 Å². The Hall–Kier alpha value is -2.23. The van der Waals surface area contributed by atoms with Crippen molar-refractivity contribution in [2.75, 3.05) is 5.32 Å². The summed E-state index contributed by atoms with van der Waals surface area (Å²) in [6, 6.07) is 7.35. The van der Waals surface area contributed by atoms with Gasteiger partial charge in [0, 0.05) is 31.2 Å². The van der Waals surface area contributed by atoms with Crippen LogP contribution in [-0.4, -0.2) is 15.6 Å². The topological polar surface area (TPSA) is 54.3 Å². The van der Waals surface area contributed by atoms with Crippen molar-refractivity contribution in [2.45, 2.75) is 26.9 Å². The summed E-state index contributed by atoms with van der Waals surface area (Å²) < 4.78 is 2.11. The summed E-state index contributed by atoms with van der Waals surface area (Å²) in [6.45, 7) is 5.56. The van der Waals surface area contributed by atoms with Crippen molar-refractivity contribution in [1.82, 2.24) is 4.57 Å². The van der Waals surface area contributed by atoms with Crippen molar-refractivity contribution in [2.24, 2.45) is 0 Å². The van der Waals surface area contributed by atoms with E-state index in [9.17, 15) is 4.79 Å². The number of aromatic nitrogens is 1. The maximum atomic E-state index is 11.1. The van der Waals surface area contributed by atoms with Gasteiger partial charge in [-0.2, -0.15) is 0 Å². The smallest absolute Gasteiger partial charge is 0.336 e. The Morgan fingerprint density at radius 3 is 2.79 bits per heavy atom. The van der Waals surface area contributed by atoms with Gasteiger partial charge >= 0.3 is 5.97 Å². The van der Waals surface area contributed by atoms with Gasteiger partial charge in [0.25, 0.3) is 0 Å². The molecular formula is C15H18N2O2. The summed E-state index contributed by atoms with van der Waals surface area (Å²) in [6.07, 6.45) is 4.13. The monoisotopic (exact) mass is 258 g/mol. The number of aryl methyl sites for hydroxylation is 1. The van der Waals surface area contributed by atoms with Crippen molar-refractivity contribution < 1.29 is 9.90 Å².